The summed E-state index contributed by atoms with van der Waals surface area (Å²) in [5.41, 5.74) is 0. The molecule has 16 heavy (non-hydrogen) atoms. The maximum Gasteiger partial charge on any atom is 0.265 e. The molecule has 0 saturated carbocycles. The van der Waals surface area contributed by atoms with Crippen molar-refractivity contribution >= 4 is 31.6 Å². The van der Waals surface area contributed by atoms with Crippen LogP contribution in [-0.2, 0) is 20.0 Å². The maximum absolute atomic E-state index is 11.3. The van der Waals surface area contributed by atoms with Crippen LogP contribution in [0.15, 0.2) is 0 Å². The number of alkyl halides is 1. The van der Waals surface area contributed by atoms with E-state index in [2.05, 4.69) is 5.32 Å². The van der Waals surface area contributed by atoms with Gasteiger partial charge in [0.1, 0.15) is 5.21 Å². The standard InChI is InChI=1S/C7H14ClNO5S2/c8-5-15(10,11)3-6-1-9-2-7(6)4-16(12,13)14/h6-7,9H,1-5H2,(H,12,13,14). The molecule has 1 fully saturated rings. The number of hydrogen-bond donors (Lipinski definition) is 2. The van der Waals surface area contributed by atoms with Crippen molar-refractivity contribution in [2.45, 2.75) is 0 Å². The van der Waals surface area contributed by atoms with E-state index in [0.717, 1.165) is 0 Å². The van der Waals surface area contributed by atoms with Crippen LogP contribution in [0.5, 0.6) is 0 Å². The van der Waals surface area contributed by atoms with Crippen molar-refractivity contribution in [1.29, 1.82) is 0 Å². The molecule has 1 heterocycles. The first-order valence-electron chi connectivity index (χ1n) is 4.66. The number of nitrogens with one attached hydrogen (secondary N) is 1. The normalized spacial score (nSPS) is 27.1. The number of hydrogen-bond acceptors (Lipinski definition) is 5. The lowest BCUT2D eigenvalue weighted by Gasteiger charge is -2.16. The zero-order valence-corrected chi connectivity index (χ0v) is 10.9. The van der Waals surface area contributed by atoms with Gasteiger partial charge in [0.2, 0.25) is 0 Å². The van der Waals surface area contributed by atoms with Crippen LogP contribution in [0, 0.1) is 11.8 Å². The van der Waals surface area contributed by atoms with Crippen molar-refractivity contribution in [2.24, 2.45) is 11.8 Å². The molecule has 1 saturated heterocycles. The molecule has 6 nitrogen and oxygen atoms in total. The minimum atomic E-state index is -4.07. The fraction of sp³-hybridized carbons (Fsp3) is 1.00. The third-order valence-electron chi connectivity index (χ3n) is 2.54. The summed E-state index contributed by atoms with van der Waals surface area (Å²) in [6.07, 6.45) is 0. The van der Waals surface area contributed by atoms with E-state index in [1.165, 1.54) is 0 Å². The molecule has 1 aliphatic rings. The first-order chi connectivity index (χ1) is 7.23. The highest BCUT2D eigenvalue weighted by atomic mass is 35.5. The fourth-order valence-corrected chi connectivity index (χ4v) is 4.15. The van der Waals surface area contributed by atoms with Crippen molar-refractivity contribution in [2.75, 3.05) is 29.8 Å². The van der Waals surface area contributed by atoms with Crippen LogP contribution in [0.4, 0.5) is 0 Å². The highest BCUT2D eigenvalue weighted by Crippen LogP contribution is 2.20. The van der Waals surface area contributed by atoms with E-state index in [1.54, 1.807) is 0 Å². The lowest BCUT2D eigenvalue weighted by atomic mass is 10.0. The Hall–Kier alpha value is 0.110. The van der Waals surface area contributed by atoms with Crippen molar-refractivity contribution in [3.05, 3.63) is 0 Å². The van der Waals surface area contributed by atoms with Crippen LogP contribution in [0.2, 0.25) is 0 Å². The van der Waals surface area contributed by atoms with Crippen LogP contribution < -0.4 is 5.32 Å². The van der Waals surface area contributed by atoms with Crippen molar-refractivity contribution < 1.29 is 21.4 Å². The molecule has 0 amide bonds. The van der Waals surface area contributed by atoms with Gasteiger partial charge in [-0.05, 0) is 24.9 Å². The molecule has 0 aromatic rings. The quantitative estimate of drug-likeness (QED) is 0.514. The minimum absolute atomic E-state index is 0.149. The molecule has 0 bridgehead atoms. The van der Waals surface area contributed by atoms with E-state index in [4.69, 9.17) is 16.2 Å². The van der Waals surface area contributed by atoms with E-state index in [1.807, 2.05) is 0 Å². The Kier molecular flexibility index (Phi) is 4.58. The molecule has 2 atom stereocenters. The molecule has 0 aromatic heterocycles. The van der Waals surface area contributed by atoms with Crippen molar-refractivity contribution in [3.8, 4) is 0 Å². The Morgan fingerprint density at radius 2 is 1.62 bits per heavy atom. The van der Waals surface area contributed by atoms with Crippen molar-refractivity contribution in [3.63, 3.8) is 0 Å². The van der Waals surface area contributed by atoms with E-state index in [-0.39, 0.29) is 17.6 Å². The zero-order valence-electron chi connectivity index (χ0n) is 8.46. The Bertz CT molecular complexity index is 432. The monoisotopic (exact) mass is 291 g/mol. The summed E-state index contributed by atoms with van der Waals surface area (Å²) in [4.78, 5) is 0. The molecule has 0 radical (unpaired) electrons. The van der Waals surface area contributed by atoms with Gasteiger partial charge < -0.3 is 5.32 Å². The Balaban J connectivity index is 2.67. The fourth-order valence-electron chi connectivity index (χ4n) is 1.82. The van der Waals surface area contributed by atoms with Crippen LogP contribution in [0.25, 0.3) is 0 Å². The van der Waals surface area contributed by atoms with Crippen LogP contribution >= 0.6 is 11.6 Å². The van der Waals surface area contributed by atoms with Gasteiger partial charge in [-0.25, -0.2) is 8.42 Å². The maximum atomic E-state index is 11.3. The molecular weight excluding hydrogens is 278 g/mol. The van der Waals surface area contributed by atoms with Gasteiger partial charge in [0.15, 0.2) is 9.84 Å². The van der Waals surface area contributed by atoms with Gasteiger partial charge in [-0.3, -0.25) is 4.55 Å². The lowest BCUT2D eigenvalue weighted by molar-refractivity contribution is 0.439. The number of sulfone groups is 1. The average Bonchev–Trinajstić information content (AvgIpc) is 2.49. The lowest BCUT2D eigenvalue weighted by Crippen LogP contribution is -2.28. The second-order valence-electron chi connectivity index (χ2n) is 3.95. The number of rotatable bonds is 5. The van der Waals surface area contributed by atoms with Crippen LogP contribution in [-0.4, -0.2) is 51.2 Å². The van der Waals surface area contributed by atoms with Crippen molar-refractivity contribution in [1.82, 2.24) is 5.32 Å². The van der Waals surface area contributed by atoms with Gasteiger partial charge in [0.05, 0.1) is 11.5 Å². The Morgan fingerprint density at radius 1 is 1.12 bits per heavy atom. The summed E-state index contributed by atoms with van der Waals surface area (Å²) in [7, 11) is -7.41. The molecule has 0 aliphatic carbocycles. The molecule has 0 spiro atoms. The van der Waals surface area contributed by atoms with Gasteiger partial charge >= 0.3 is 0 Å². The minimum Gasteiger partial charge on any atom is -0.316 e. The third kappa shape index (κ3) is 4.54. The highest BCUT2D eigenvalue weighted by Gasteiger charge is 2.33. The molecule has 2 N–H and O–H groups in total. The summed E-state index contributed by atoms with van der Waals surface area (Å²) >= 11 is 5.28. The summed E-state index contributed by atoms with van der Waals surface area (Å²) in [5, 5.41) is 2.44. The first-order valence-corrected chi connectivity index (χ1v) is 8.62. The Labute approximate surface area is 100 Å². The molecule has 9 heteroatoms. The smallest absolute Gasteiger partial charge is 0.265 e. The molecule has 96 valence electrons. The zero-order chi connectivity index (χ0) is 12.4. The van der Waals surface area contributed by atoms with E-state index in [0.29, 0.717) is 13.1 Å². The third-order valence-corrected chi connectivity index (χ3v) is 5.65. The van der Waals surface area contributed by atoms with Gasteiger partial charge in [0.25, 0.3) is 10.1 Å². The molecule has 2 unspecified atom stereocenters. The Morgan fingerprint density at radius 3 is 2.06 bits per heavy atom. The SMILES string of the molecule is O=S(=O)(O)CC1CNCC1CS(=O)(=O)CCl. The summed E-state index contributed by atoms with van der Waals surface area (Å²) in [5.74, 6) is -1.26. The predicted octanol–water partition coefficient (Wildman–Crippen LogP) is -0.679. The van der Waals surface area contributed by atoms with Crippen LogP contribution in [0.1, 0.15) is 0 Å². The van der Waals surface area contributed by atoms with E-state index in [9.17, 15) is 16.8 Å². The summed E-state index contributed by atoms with van der Waals surface area (Å²) in [6.45, 7) is 0.818. The summed E-state index contributed by atoms with van der Waals surface area (Å²) in [6, 6.07) is 0. The van der Waals surface area contributed by atoms with Gasteiger partial charge in [0, 0.05) is 0 Å². The van der Waals surface area contributed by atoms with Gasteiger partial charge in [-0.2, -0.15) is 8.42 Å². The van der Waals surface area contributed by atoms with Crippen LogP contribution in [0.3, 0.4) is 0 Å². The predicted molar refractivity (Wildman–Crippen MR) is 60.8 cm³/mol. The average molecular weight is 292 g/mol. The topological polar surface area (TPSA) is 101 Å². The van der Waals surface area contributed by atoms with E-state index >= 15 is 0 Å². The first kappa shape index (κ1) is 14.2. The van der Waals surface area contributed by atoms with E-state index < -0.39 is 30.9 Å². The highest BCUT2D eigenvalue weighted by molar-refractivity contribution is 7.92. The largest absolute Gasteiger partial charge is 0.316 e. The summed E-state index contributed by atoms with van der Waals surface area (Å²) < 4.78 is 52.8. The molecule has 1 aliphatic heterocycles. The van der Waals surface area contributed by atoms with Gasteiger partial charge in [-0.1, -0.05) is 0 Å². The molecule has 0 aromatic carbocycles. The van der Waals surface area contributed by atoms with Gasteiger partial charge in [-0.15, -0.1) is 11.6 Å². The second kappa shape index (κ2) is 5.18. The molecular formula is C7H14ClNO5S2. The number of halogens is 1. The molecule has 1 rings (SSSR count). The second-order valence-corrected chi connectivity index (χ2v) is 8.14.